The van der Waals surface area contributed by atoms with Gasteiger partial charge >= 0.3 is 0 Å². The molecule has 10 heavy (non-hydrogen) atoms. The van der Waals surface area contributed by atoms with E-state index < -0.39 is 0 Å². The lowest BCUT2D eigenvalue weighted by Gasteiger charge is -2.11. The molecule has 0 unspecified atom stereocenters. The summed E-state index contributed by atoms with van der Waals surface area (Å²) in [4.78, 5) is 10.6. The Bertz CT molecular complexity index is 159. The van der Waals surface area contributed by atoms with E-state index in [-0.39, 0.29) is 5.78 Å². The van der Waals surface area contributed by atoms with Crippen LogP contribution in [-0.2, 0) is 9.53 Å². The molecule has 0 atom stereocenters. The summed E-state index contributed by atoms with van der Waals surface area (Å²) in [5, 5.41) is 0. The number of ketones is 1. The summed E-state index contributed by atoms with van der Waals surface area (Å²) in [7, 11) is 0. The molecule has 0 aromatic rings. The smallest absolute Gasteiger partial charge is 0.133 e. The van der Waals surface area contributed by atoms with Crippen molar-refractivity contribution in [3.63, 3.8) is 0 Å². The molecule has 1 aliphatic rings. The highest BCUT2D eigenvalue weighted by atomic mass is 16.5. The normalized spacial score (nSPS) is 18.3. The van der Waals surface area contributed by atoms with Crippen molar-refractivity contribution in [2.75, 3.05) is 13.2 Å². The van der Waals surface area contributed by atoms with E-state index in [1.165, 1.54) is 5.57 Å². The highest BCUT2D eigenvalue weighted by Crippen LogP contribution is 2.11. The zero-order valence-corrected chi connectivity index (χ0v) is 6.22. The third-order valence-electron chi connectivity index (χ3n) is 1.53. The van der Waals surface area contributed by atoms with E-state index in [4.69, 9.17) is 4.74 Å². The predicted molar refractivity (Wildman–Crippen MR) is 38.8 cm³/mol. The first-order valence-electron chi connectivity index (χ1n) is 3.54. The highest BCUT2D eigenvalue weighted by molar-refractivity contribution is 5.78. The number of Topliss-reactive ketones (excluding diaryl/α,β-unsaturated/α-hetero) is 1. The fourth-order valence-electron chi connectivity index (χ4n) is 1.05. The standard InChI is InChI=1S/C8H12O2/c1-7(9)6-8-2-4-10-5-3-8/h2H,3-6H2,1H3. The SMILES string of the molecule is CC(=O)CC1=CCOCC1. The van der Waals surface area contributed by atoms with Gasteiger partial charge in [0.05, 0.1) is 13.2 Å². The van der Waals surface area contributed by atoms with E-state index in [1.807, 2.05) is 6.08 Å². The van der Waals surface area contributed by atoms with E-state index in [1.54, 1.807) is 6.92 Å². The molecule has 2 heteroatoms. The van der Waals surface area contributed by atoms with Gasteiger partial charge in [0, 0.05) is 6.42 Å². The summed E-state index contributed by atoms with van der Waals surface area (Å²) >= 11 is 0. The first-order valence-corrected chi connectivity index (χ1v) is 3.54. The molecule has 0 fully saturated rings. The summed E-state index contributed by atoms with van der Waals surface area (Å²) in [6.45, 7) is 3.08. The molecule has 1 aliphatic heterocycles. The molecule has 2 nitrogen and oxygen atoms in total. The molecule has 0 spiro atoms. The molecule has 1 heterocycles. The van der Waals surface area contributed by atoms with E-state index >= 15 is 0 Å². The Hall–Kier alpha value is -0.630. The van der Waals surface area contributed by atoms with Crippen molar-refractivity contribution in [3.05, 3.63) is 11.6 Å². The molecular formula is C8H12O2. The molecule has 0 aromatic carbocycles. The number of ether oxygens (including phenoxy) is 1. The average Bonchev–Trinajstić information content (AvgIpc) is 1.88. The topological polar surface area (TPSA) is 26.3 Å². The van der Waals surface area contributed by atoms with Crippen molar-refractivity contribution in [3.8, 4) is 0 Å². The average molecular weight is 140 g/mol. The van der Waals surface area contributed by atoms with Gasteiger partial charge in [-0.05, 0) is 13.3 Å². The number of carbonyl (C=O) groups excluding carboxylic acids is 1. The van der Waals surface area contributed by atoms with Crippen molar-refractivity contribution in [2.24, 2.45) is 0 Å². The molecule has 0 N–H and O–H groups in total. The number of carbonyl (C=O) groups is 1. The van der Waals surface area contributed by atoms with E-state index in [0.29, 0.717) is 13.0 Å². The van der Waals surface area contributed by atoms with Gasteiger partial charge in [-0.15, -0.1) is 0 Å². The molecule has 0 amide bonds. The number of hydrogen-bond acceptors (Lipinski definition) is 2. The van der Waals surface area contributed by atoms with Crippen LogP contribution in [0.5, 0.6) is 0 Å². The molecule has 1 rings (SSSR count). The monoisotopic (exact) mass is 140 g/mol. The van der Waals surface area contributed by atoms with Crippen molar-refractivity contribution in [2.45, 2.75) is 19.8 Å². The van der Waals surface area contributed by atoms with E-state index in [9.17, 15) is 4.79 Å². The molecule has 0 bridgehead atoms. The van der Waals surface area contributed by atoms with Crippen LogP contribution in [0, 0.1) is 0 Å². The summed E-state index contributed by atoms with van der Waals surface area (Å²) in [6, 6.07) is 0. The van der Waals surface area contributed by atoms with Crippen LogP contribution in [0.15, 0.2) is 11.6 Å². The fraction of sp³-hybridized carbons (Fsp3) is 0.625. The lowest BCUT2D eigenvalue weighted by Crippen LogP contribution is -2.06. The predicted octanol–water partition coefficient (Wildman–Crippen LogP) is 1.31. The molecule has 0 aliphatic carbocycles. The maximum atomic E-state index is 10.6. The van der Waals surface area contributed by atoms with Gasteiger partial charge in [-0.3, -0.25) is 4.79 Å². The second-order valence-corrected chi connectivity index (χ2v) is 2.57. The molecule has 0 radical (unpaired) electrons. The van der Waals surface area contributed by atoms with Gasteiger partial charge < -0.3 is 4.74 Å². The van der Waals surface area contributed by atoms with Gasteiger partial charge in [0.2, 0.25) is 0 Å². The summed E-state index contributed by atoms with van der Waals surface area (Å²) in [6.07, 6.45) is 3.55. The zero-order chi connectivity index (χ0) is 7.40. The Morgan fingerprint density at radius 3 is 3.10 bits per heavy atom. The van der Waals surface area contributed by atoms with Gasteiger partial charge in [-0.25, -0.2) is 0 Å². The minimum atomic E-state index is 0.244. The molecule has 0 saturated carbocycles. The summed E-state index contributed by atoms with van der Waals surface area (Å²) in [5.74, 6) is 0.244. The lowest BCUT2D eigenvalue weighted by molar-refractivity contribution is -0.116. The summed E-state index contributed by atoms with van der Waals surface area (Å²) in [5.41, 5.74) is 1.23. The Labute approximate surface area is 60.9 Å². The lowest BCUT2D eigenvalue weighted by atomic mass is 10.1. The molecular weight excluding hydrogens is 128 g/mol. The van der Waals surface area contributed by atoms with Gasteiger partial charge in [-0.1, -0.05) is 11.6 Å². The van der Waals surface area contributed by atoms with Crippen LogP contribution in [-0.4, -0.2) is 19.0 Å². The highest BCUT2D eigenvalue weighted by Gasteiger charge is 2.04. The minimum absolute atomic E-state index is 0.244. The Balaban J connectivity index is 2.38. The quantitative estimate of drug-likeness (QED) is 0.540. The first-order chi connectivity index (χ1) is 4.79. The van der Waals surface area contributed by atoms with Crippen LogP contribution in [0.4, 0.5) is 0 Å². The molecule has 0 aromatic heterocycles. The second kappa shape index (κ2) is 3.52. The fourth-order valence-corrected chi connectivity index (χ4v) is 1.05. The molecule has 0 saturated heterocycles. The molecule has 56 valence electrons. The Morgan fingerprint density at radius 2 is 2.60 bits per heavy atom. The zero-order valence-electron chi connectivity index (χ0n) is 6.22. The largest absolute Gasteiger partial charge is 0.377 e. The maximum absolute atomic E-state index is 10.6. The number of hydrogen-bond donors (Lipinski definition) is 0. The van der Waals surface area contributed by atoms with Crippen molar-refractivity contribution in [1.29, 1.82) is 0 Å². The van der Waals surface area contributed by atoms with Crippen molar-refractivity contribution < 1.29 is 9.53 Å². The second-order valence-electron chi connectivity index (χ2n) is 2.57. The van der Waals surface area contributed by atoms with E-state index in [2.05, 4.69) is 0 Å². The first kappa shape index (κ1) is 7.48. The third kappa shape index (κ3) is 2.31. The third-order valence-corrected chi connectivity index (χ3v) is 1.53. The van der Waals surface area contributed by atoms with Gasteiger partial charge in [0.1, 0.15) is 5.78 Å². The van der Waals surface area contributed by atoms with Crippen LogP contribution in [0.3, 0.4) is 0 Å². The van der Waals surface area contributed by atoms with Crippen molar-refractivity contribution >= 4 is 5.78 Å². The Kier molecular flexibility index (Phi) is 2.63. The van der Waals surface area contributed by atoms with Crippen LogP contribution in [0.25, 0.3) is 0 Å². The van der Waals surface area contributed by atoms with Crippen LogP contribution in [0.1, 0.15) is 19.8 Å². The van der Waals surface area contributed by atoms with E-state index in [0.717, 1.165) is 13.0 Å². The maximum Gasteiger partial charge on any atom is 0.133 e. The van der Waals surface area contributed by atoms with Gasteiger partial charge in [-0.2, -0.15) is 0 Å². The van der Waals surface area contributed by atoms with Crippen LogP contribution in [0.2, 0.25) is 0 Å². The summed E-state index contributed by atoms with van der Waals surface area (Å²) < 4.78 is 5.09. The minimum Gasteiger partial charge on any atom is -0.377 e. The van der Waals surface area contributed by atoms with Gasteiger partial charge in [0.15, 0.2) is 0 Å². The van der Waals surface area contributed by atoms with Crippen molar-refractivity contribution in [1.82, 2.24) is 0 Å². The van der Waals surface area contributed by atoms with Crippen LogP contribution < -0.4 is 0 Å². The Morgan fingerprint density at radius 1 is 1.80 bits per heavy atom. The van der Waals surface area contributed by atoms with Gasteiger partial charge in [0.25, 0.3) is 0 Å². The number of rotatable bonds is 2. The van der Waals surface area contributed by atoms with Crippen LogP contribution >= 0.6 is 0 Å².